The minimum absolute atomic E-state index is 0.0619. The quantitative estimate of drug-likeness (QED) is 0.547. The number of rotatable bonds is 7. The Morgan fingerprint density at radius 3 is 2.50 bits per heavy atom. The molecule has 0 aliphatic rings. The number of nitrogens with zero attached hydrogens (tertiary/aromatic N) is 1. The van der Waals surface area contributed by atoms with Gasteiger partial charge in [-0.3, -0.25) is 9.59 Å². The van der Waals surface area contributed by atoms with Crippen molar-refractivity contribution in [2.45, 2.75) is 39.2 Å². The van der Waals surface area contributed by atoms with E-state index in [1.54, 1.807) is 18.9 Å². The highest BCUT2D eigenvalue weighted by atomic mass is 35.5. The van der Waals surface area contributed by atoms with Crippen molar-refractivity contribution in [1.29, 1.82) is 0 Å². The third-order valence-electron chi connectivity index (χ3n) is 2.39. The Hall–Kier alpha value is -0.770. The topological polar surface area (TPSA) is 49.4 Å². The summed E-state index contributed by atoms with van der Waals surface area (Å²) < 4.78 is 0. The molecule has 5 heteroatoms. The number of hydrogen-bond acceptors (Lipinski definition) is 2. The van der Waals surface area contributed by atoms with E-state index in [9.17, 15) is 9.59 Å². The van der Waals surface area contributed by atoms with Gasteiger partial charge >= 0.3 is 0 Å². The summed E-state index contributed by atoms with van der Waals surface area (Å²) in [6.45, 7) is 4.24. The zero-order chi connectivity index (χ0) is 12.6. The second-order valence-corrected chi connectivity index (χ2v) is 4.17. The van der Waals surface area contributed by atoms with E-state index in [0.29, 0.717) is 18.8 Å². The van der Waals surface area contributed by atoms with Crippen LogP contribution in [0.2, 0.25) is 0 Å². The summed E-state index contributed by atoms with van der Waals surface area (Å²) in [5.41, 5.74) is 0. The van der Waals surface area contributed by atoms with E-state index >= 15 is 0 Å². The Bertz CT molecular complexity index is 234. The average molecular weight is 249 g/mol. The fourth-order valence-corrected chi connectivity index (χ4v) is 1.43. The first-order valence-corrected chi connectivity index (χ1v) is 6.16. The van der Waals surface area contributed by atoms with Crippen molar-refractivity contribution in [3.8, 4) is 0 Å². The molecule has 0 aromatic rings. The van der Waals surface area contributed by atoms with E-state index < -0.39 is 6.04 Å². The van der Waals surface area contributed by atoms with Gasteiger partial charge in [0, 0.05) is 25.9 Å². The summed E-state index contributed by atoms with van der Waals surface area (Å²) in [6, 6.07) is -0.451. The molecule has 0 heterocycles. The van der Waals surface area contributed by atoms with E-state index in [0.717, 1.165) is 12.8 Å². The highest BCUT2D eigenvalue weighted by Crippen LogP contribution is 1.98. The van der Waals surface area contributed by atoms with E-state index in [-0.39, 0.29) is 11.8 Å². The van der Waals surface area contributed by atoms with Gasteiger partial charge in [-0.2, -0.15) is 0 Å². The third kappa shape index (κ3) is 5.95. The van der Waals surface area contributed by atoms with E-state index in [2.05, 4.69) is 5.32 Å². The predicted octanol–water partition coefficient (Wildman–Crippen LogP) is 1.38. The van der Waals surface area contributed by atoms with E-state index in [4.69, 9.17) is 11.6 Å². The van der Waals surface area contributed by atoms with Gasteiger partial charge in [-0.15, -0.1) is 11.6 Å². The van der Waals surface area contributed by atoms with Gasteiger partial charge in [0.25, 0.3) is 0 Å². The Kier molecular flexibility index (Phi) is 7.99. The van der Waals surface area contributed by atoms with Crippen LogP contribution in [0.4, 0.5) is 0 Å². The number of nitrogens with one attached hydrogen (secondary N) is 1. The fraction of sp³-hybridized carbons (Fsp3) is 0.818. The Morgan fingerprint density at radius 2 is 2.00 bits per heavy atom. The molecule has 4 nitrogen and oxygen atoms in total. The van der Waals surface area contributed by atoms with Crippen molar-refractivity contribution in [2.24, 2.45) is 0 Å². The summed E-state index contributed by atoms with van der Waals surface area (Å²) in [4.78, 5) is 24.6. The van der Waals surface area contributed by atoms with Crippen LogP contribution in [0.5, 0.6) is 0 Å². The van der Waals surface area contributed by atoms with Crippen LogP contribution in [0.15, 0.2) is 0 Å². The molecule has 0 saturated heterocycles. The van der Waals surface area contributed by atoms with Crippen molar-refractivity contribution >= 4 is 23.4 Å². The Morgan fingerprint density at radius 1 is 1.38 bits per heavy atom. The molecule has 0 aliphatic carbocycles. The lowest BCUT2D eigenvalue weighted by Crippen LogP contribution is -2.45. The van der Waals surface area contributed by atoms with Crippen LogP contribution in [0.25, 0.3) is 0 Å². The second kappa shape index (κ2) is 8.39. The van der Waals surface area contributed by atoms with Crippen molar-refractivity contribution in [1.82, 2.24) is 10.2 Å². The summed E-state index contributed by atoms with van der Waals surface area (Å²) in [5.74, 6) is 0.420. The largest absolute Gasteiger partial charge is 0.345 e. The van der Waals surface area contributed by atoms with Gasteiger partial charge in [-0.25, -0.2) is 0 Å². The first kappa shape index (κ1) is 15.2. The van der Waals surface area contributed by atoms with Crippen molar-refractivity contribution in [3.05, 3.63) is 0 Å². The summed E-state index contributed by atoms with van der Waals surface area (Å²) in [6.07, 6.45) is 2.02. The smallest absolute Gasteiger partial charge is 0.244 e. The average Bonchev–Trinajstić information content (AvgIpc) is 2.27. The molecule has 94 valence electrons. The van der Waals surface area contributed by atoms with Gasteiger partial charge in [0.15, 0.2) is 0 Å². The maximum atomic E-state index is 11.6. The molecule has 0 radical (unpaired) electrons. The number of carbonyl (C=O) groups is 2. The van der Waals surface area contributed by atoms with Crippen LogP contribution >= 0.6 is 11.6 Å². The predicted molar refractivity (Wildman–Crippen MR) is 65.5 cm³/mol. The SMILES string of the molecule is CCN(C)C(=O)C(C)NC(=O)CCCCCl. The molecule has 0 aromatic heterocycles. The van der Waals surface area contributed by atoms with Gasteiger partial charge in [0.05, 0.1) is 0 Å². The number of carbonyl (C=O) groups excluding carboxylic acids is 2. The molecule has 0 spiro atoms. The van der Waals surface area contributed by atoms with Gasteiger partial charge in [0.2, 0.25) is 11.8 Å². The molecule has 1 N–H and O–H groups in total. The lowest BCUT2D eigenvalue weighted by atomic mass is 10.2. The minimum Gasteiger partial charge on any atom is -0.345 e. The molecule has 1 atom stereocenters. The monoisotopic (exact) mass is 248 g/mol. The number of unbranched alkanes of at least 4 members (excludes halogenated alkanes) is 1. The van der Waals surface area contributed by atoms with Crippen LogP contribution in [0, 0.1) is 0 Å². The molecule has 2 amide bonds. The normalized spacial score (nSPS) is 12.0. The third-order valence-corrected chi connectivity index (χ3v) is 2.65. The van der Waals surface area contributed by atoms with Crippen LogP contribution in [0.3, 0.4) is 0 Å². The highest BCUT2D eigenvalue weighted by Gasteiger charge is 2.17. The van der Waals surface area contributed by atoms with Crippen molar-refractivity contribution < 1.29 is 9.59 Å². The number of likely N-dealkylation sites (N-methyl/N-ethyl adjacent to an activating group) is 1. The minimum atomic E-state index is -0.451. The molecule has 0 bridgehead atoms. The van der Waals surface area contributed by atoms with Crippen molar-refractivity contribution in [3.63, 3.8) is 0 Å². The zero-order valence-corrected chi connectivity index (χ0v) is 11.0. The van der Waals surface area contributed by atoms with Gasteiger partial charge in [-0.1, -0.05) is 0 Å². The lowest BCUT2D eigenvalue weighted by Gasteiger charge is -2.20. The number of halogens is 1. The molecule has 0 aliphatic heterocycles. The molecule has 0 saturated carbocycles. The van der Waals surface area contributed by atoms with Gasteiger partial charge < -0.3 is 10.2 Å². The zero-order valence-electron chi connectivity index (χ0n) is 10.3. The van der Waals surface area contributed by atoms with E-state index in [1.807, 2.05) is 6.92 Å². The van der Waals surface area contributed by atoms with Crippen LogP contribution in [-0.4, -0.2) is 42.2 Å². The second-order valence-electron chi connectivity index (χ2n) is 3.79. The Balaban J connectivity index is 3.89. The number of hydrogen-bond donors (Lipinski definition) is 1. The first-order valence-electron chi connectivity index (χ1n) is 5.63. The van der Waals surface area contributed by atoms with Crippen LogP contribution in [-0.2, 0) is 9.59 Å². The molecule has 1 unspecified atom stereocenters. The standard InChI is InChI=1S/C11H21ClN2O2/c1-4-14(3)11(16)9(2)13-10(15)7-5-6-8-12/h9H,4-8H2,1-3H3,(H,13,15). The van der Waals surface area contributed by atoms with Gasteiger partial charge in [-0.05, 0) is 26.7 Å². The summed E-state index contributed by atoms with van der Waals surface area (Å²) in [7, 11) is 1.72. The number of amides is 2. The summed E-state index contributed by atoms with van der Waals surface area (Å²) in [5, 5.41) is 2.68. The fourth-order valence-electron chi connectivity index (χ4n) is 1.24. The molecular formula is C11H21ClN2O2. The first-order chi connectivity index (χ1) is 7.52. The summed E-state index contributed by atoms with van der Waals surface area (Å²) >= 11 is 5.51. The van der Waals surface area contributed by atoms with Crippen LogP contribution < -0.4 is 5.32 Å². The van der Waals surface area contributed by atoms with Crippen molar-refractivity contribution in [2.75, 3.05) is 19.5 Å². The molecule has 0 fully saturated rings. The maximum absolute atomic E-state index is 11.6. The maximum Gasteiger partial charge on any atom is 0.244 e. The molecular weight excluding hydrogens is 228 g/mol. The lowest BCUT2D eigenvalue weighted by molar-refractivity contribution is -0.134. The molecule has 0 rings (SSSR count). The molecule has 0 aromatic carbocycles. The number of alkyl halides is 1. The van der Waals surface area contributed by atoms with E-state index in [1.165, 1.54) is 0 Å². The molecule has 16 heavy (non-hydrogen) atoms. The Labute approximate surface area is 102 Å². The highest BCUT2D eigenvalue weighted by molar-refractivity contribution is 6.17. The van der Waals surface area contributed by atoms with Gasteiger partial charge in [0.1, 0.15) is 6.04 Å². The van der Waals surface area contributed by atoms with Crippen LogP contribution in [0.1, 0.15) is 33.1 Å².